The van der Waals surface area contributed by atoms with Crippen LogP contribution in [-0.4, -0.2) is 49.6 Å². The Bertz CT molecular complexity index is 1150. The monoisotopic (exact) mass is 533 g/mol. The van der Waals surface area contributed by atoms with Crippen LogP contribution in [0.3, 0.4) is 0 Å². The average Bonchev–Trinajstić information content (AvgIpc) is 2.86. The van der Waals surface area contributed by atoms with Crippen molar-refractivity contribution in [3.63, 3.8) is 0 Å². The van der Waals surface area contributed by atoms with Crippen molar-refractivity contribution in [2.45, 2.75) is 30.7 Å². The average molecular weight is 534 g/mol. The molecule has 1 saturated heterocycles. The largest absolute Gasteiger partial charge is 0.304 e. The van der Waals surface area contributed by atoms with Crippen molar-refractivity contribution in [2.24, 2.45) is 0 Å². The standard InChI is InChI=1S/C28H31ClF3N3S/c1-20(26-11-7-23(30)18-21(26)4-3-13-34-16-14-33(2)15-17-34)35(28-19-24(31)8-12-27(28)32)36-25-9-5-22(29)6-10-25/h5-12,18-20H,3-4,13-17H2,1-2H3. The second-order valence-electron chi connectivity index (χ2n) is 9.23. The van der Waals surface area contributed by atoms with E-state index in [0.29, 0.717) is 11.4 Å². The molecule has 1 fully saturated rings. The fraction of sp³-hybridized carbons (Fsp3) is 0.357. The van der Waals surface area contributed by atoms with E-state index in [0.717, 1.165) is 67.3 Å². The van der Waals surface area contributed by atoms with Gasteiger partial charge in [0.15, 0.2) is 0 Å². The van der Waals surface area contributed by atoms with E-state index in [2.05, 4.69) is 16.8 Å². The smallest absolute Gasteiger partial charge is 0.147 e. The maximum Gasteiger partial charge on any atom is 0.147 e. The van der Waals surface area contributed by atoms with Crippen molar-refractivity contribution in [3.8, 4) is 0 Å². The second kappa shape index (κ2) is 12.4. The first kappa shape index (κ1) is 26.9. The van der Waals surface area contributed by atoms with Crippen LogP contribution in [0.25, 0.3) is 0 Å². The first-order chi connectivity index (χ1) is 17.3. The minimum Gasteiger partial charge on any atom is -0.304 e. The molecule has 0 radical (unpaired) electrons. The lowest BCUT2D eigenvalue weighted by Crippen LogP contribution is -2.44. The first-order valence-electron chi connectivity index (χ1n) is 12.2. The molecule has 0 saturated carbocycles. The number of halogens is 4. The van der Waals surface area contributed by atoms with E-state index in [1.807, 2.05) is 19.1 Å². The van der Waals surface area contributed by atoms with Gasteiger partial charge in [0.1, 0.15) is 17.5 Å². The zero-order chi connectivity index (χ0) is 25.7. The van der Waals surface area contributed by atoms with Gasteiger partial charge in [0.2, 0.25) is 0 Å². The van der Waals surface area contributed by atoms with Gasteiger partial charge in [-0.1, -0.05) is 17.7 Å². The summed E-state index contributed by atoms with van der Waals surface area (Å²) >= 11 is 7.34. The van der Waals surface area contributed by atoms with E-state index in [9.17, 15) is 13.2 Å². The zero-order valence-corrected chi connectivity index (χ0v) is 22.1. The van der Waals surface area contributed by atoms with Gasteiger partial charge in [-0.15, -0.1) is 0 Å². The molecule has 3 nitrogen and oxygen atoms in total. The second-order valence-corrected chi connectivity index (χ2v) is 10.7. The summed E-state index contributed by atoms with van der Waals surface area (Å²) in [6.07, 6.45) is 1.60. The third-order valence-corrected chi connectivity index (χ3v) is 8.03. The van der Waals surface area contributed by atoms with Gasteiger partial charge in [-0.25, -0.2) is 13.2 Å². The van der Waals surface area contributed by atoms with Crippen LogP contribution in [0.4, 0.5) is 18.9 Å². The van der Waals surface area contributed by atoms with Crippen molar-refractivity contribution >= 4 is 29.2 Å². The third kappa shape index (κ3) is 6.97. The Morgan fingerprint density at radius 2 is 1.58 bits per heavy atom. The van der Waals surface area contributed by atoms with E-state index >= 15 is 0 Å². The van der Waals surface area contributed by atoms with Crippen molar-refractivity contribution < 1.29 is 13.2 Å². The Hall–Kier alpha value is -2.19. The van der Waals surface area contributed by atoms with Crippen LogP contribution in [0.15, 0.2) is 65.6 Å². The number of rotatable bonds is 9. The first-order valence-corrected chi connectivity index (χ1v) is 13.3. The summed E-state index contributed by atoms with van der Waals surface area (Å²) in [6, 6.07) is 15.0. The molecule has 1 aliphatic heterocycles. The summed E-state index contributed by atoms with van der Waals surface area (Å²) in [7, 11) is 2.13. The fourth-order valence-electron chi connectivity index (χ4n) is 4.49. The van der Waals surface area contributed by atoms with E-state index < -0.39 is 11.6 Å². The predicted molar refractivity (Wildman–Crippen MR) is 143 cm³/mol. The van der Waals surface area contributed by atoms with Crippen molar-refractivity contribution in [2.75, 3.05) is 44.1 Å². The minimum absolute atomic E-state index is 0.134. The molecule has 192 valence electrons. The number of benzene rings is 3. The Kier molecular flexibility index (Phi) is 9.23. The summed E-state index contributed by atoms with van der Waals surface area (Å²) < 4.78 is 45.2. The van der Waals surface area contributed by atoms with Gasteiger partial charge in [-0.2, -0.15) is 0 Å². The Morgan fingerprint density at radius 3 is 2.31 bits per heavy atom. The van der Waals surface area contributed by atoms with Gasteiger partial charge in [-0.05, 0) is 105 Å². The van der Waals surface area contributed by atoms with Crippen molar-refractivity contribution in [1.82, 2.24) is 9.80 Å². The third-order valence-electron chi connectivity index (χ3n) is 6.59. The van der Waals surface area contributed by atoms with E-state index in [4.69, 9.17) is 11.6 Å². The number of piperazine rings is 1. The molecule has 1 heterocycles. The number of likely N-dealkylation sites (N-methyl/N-ethyl adjacent to an activating group) is 1. The van der Waals surface area contributed by atoms with Crippen LogP contribution in [0, 0.1) is 17.5 Å². The van der Waals surface area contributed by atoms with E-state index in [1.165, 1.54) is 24.1 Å². The number of aryl methyl sites for hydroxylation is 1. The molecule has 0 N–H and O–H groups in total. The fourth-order valence-corrected chi connectivity index (χ4v) is 5.61. The molecule has 0 amide bonds. The molecule has 1 atom stereocenters. The lowest BCUT2D eigenvalue weighted by molar-refractivity contribution is 0.153. The molecule has 0 aliphatic carbocycles. The molecule has 3 aromatic rings. The number of nitrogens with zero attached hydrogens (tertiary/aromatic N) is 3. The van der Waals surface area contributed by atoms with Gasteiger partial charge in [-0.3, -0.25) is 0 Å². The van der Waals surface area contributed by atoms with Gasteiger partial charge in [0.05, 0.1) is 11.7 Å². The summed E-state index contributed by atoms with van der Waals surface area (Å²) in [5.41, 5.74) is 1.91. The Morgan fingerprint density at radius 1 is 0.917 bits per heavy atom. The van der Waals surface area contributed by atoms with Gasteiger partial charge >= 0.3 is 0 Å². The molecule has 36 heavy (non-hydrogen) atoms. The van der Waals surface area contributed by atoms with Crippen LogP contribution >= 0.6 is 23.5 Å². The number of anilines is 1. The summed E-state index contributed by atoms with van der Waals surface area (Å²) in [6.45, 7) is 7.06. The molecule has 8 heteroatoms. The maximum absolute atomic E-state index is 15.0. The molecule has 1 unspecified atom stereocenters. The molecular formula is C28H31ClF3N3S. The predicted octanol–water partition coefficient (Wildman–Crippen LogP) is 7.21. The van der Waals surface area contributed by atoms with Crippen molar-refractivity contribution in [1.29, 1.82) is 0 Å². The number of hydrogen-bond donors (Lipinski definition) is 0. The lowest BCUT2D eigenvalue weighted by atomic mass is 9.97. The molecule has 1 aliphatic rings. The maximum atomic E-state index is 15.0. The SMILES string of the molecule is CC(c1ccc(F)cc1CCCN1CCN(C)CC1)N(Sc1ccc(Cl)cc1)c1cc(F)ccc1F. The van der Waals surface area contributed by atoms with Crippen LogP contribution in [0.5, 0.6) is 0 Å². The molecular weight excluding hydrogens is 503 g/mol. The highest BCUT2D eigenvalue weighted by molar-refractivity contribution is 8.00. The number of hydrogen-bond acceptors (Lipinski definition) is 4. The molecule has 0 bridgehead atoms. The highest BCUT2D eigenvalue weighted by atomic mass is 35.5. The summed E-state index contributed by atoms with van der Waals surface area (Å²) in [4.78, 5) is 5.59. The Labute approximate surface area is 221 Å². The lowest BCUT2D eigenvalue weighted by Gasteiger charge is -2.33. The molecule has 4 rings (SSSR count). The highest BCUT2D eigenvalue weighted by Gasteiger charge is 2.24. The van der Waals surface area contributed by atoms with E-state index in [1.54, 1.807) is 28.6 Å². The minimum atomic E-state index is -0.525. The van der Waals surface area contributed by atoms with Crippen molar-refractivity contribution in [3.05, 3.63) is 94.3 Å². The molecule has 0 spiro atoms. The van der Waals surface area contributed by atoms with Crippen LogP contribution in [-0.2, 0) is 6.42 Å². The van der Waals surface area contributed by atoms with Crippen LogP contribution in [0.2, 0.25) is 5.02 Å². The van der Waals surface area contributed by atoms with Gasteiger partial charge in [0, 0.05) is 42.2 Å². The normalized spacial score (nSPS) is 15.7. The van der Waals surface area contributed by atoms with Crippen LogP contribution < -0.4 is 4.31 Å². The highest BCUT2D eigenvalue weighted by Crippen LogP contribution is 2.40. The quantitative estimate of drug-likeness (QED) is 0.269. The summed E-state index contributed by atoms with van der Waals surface area (Å²) in [5, 5.41) is 0.594. The molecule has 3 aromatic carbocycles. The topological polar surface area (TPSA) is 9.72 Å². The van der Waals surface area contributed by atoms with Gasteiger partial charge < -0.3 is 14.1 Å². The van der Waals surface area contributed by atoms with E-state index in [-0.39, 0.29) is 17.5 Å². The summed E-state index contributed by atoms with van der Waals surface area (Å²) in [5.74, 6) is -1.34. The molecule has 0 aromatic heterocycles. The van der Waals surface area contributed by atoms with Gasteiger partial charge in [0.25, 0.3) is 0 Å². The van der Waals surface area contributed by atoms with Crippen LogP contribution in [0.1, 0.15) is 30.5 Å². The zero-order valence-electron chi connectivity index (χ0n) is 20.6. The Balaban J connectivity index is 1.59.